The Morgan fingerprint density at radius 3 is 2.57 bits per heavy atom. The van der Waals surface area contributed by atoms with Crippen LogP contribution < -0.4 is 10.6 Å². The van der Waals surface area contributed by atoms with Gasteiger partial charge in [0.1, 0.15) is 0 Å². The van der Waals surface area contributed by atoms with E-state index in [4.69, 9.17) is 0 Å². The lowest BCUT2D eigenvalue weighted by Gasteiger charge is -2.30. The van der Waals surface area contributed by atoms with Gasteiger partial charge >= 0.3 is 0 Å². The van der Waals surface area contributed by atoms with Crippen LogP contribution in [0.2, 0.25) is 0 Å². The van der Waals surface area contributed by atoms with E-state index < -0.39 is 0 Å². The van der Waals surface area contributed by atoms with Crippen molar-refractivity contribution in [1.82, 2.24) is 5.32 Å². The van der Waals surface area contributed by atoms with Gasteiger partial charge in [-0.25, -0.2) is 0 Å². The molecule has 116 valence electrons. The highest BCUT2D eigenvalue weighted by atomic mass is 16.1. The Bertz CT molecular complexity index is 476. The summed E-state index contributed by atoms with van der Waals surface area (Å²) in [5.41, 5.74) is 2.92. The van der Waals surface area contributed by atoms with Crippen LogP contribution in [0.4, 0.5) is 5.69 Å². The molecule has 3 heteroatoms. The van der Waals surface area contributed by atoms with Crippen LogP contribution in [0.5, 0.6) is 0 Å². The molecule has 21 heavy (non-hydrogen) atoms. The Morgan fingerprint density at radius 1 is 1.24 bits per heavy atom. The highest BCUT2D eigenvalue weighted by Crippen LogP contribution is 2.30. The van der Waals surface area contributed by atoms with E-state index in [-0.39, 0.29) is 5.91 Å². The summed E-state index contributed by atoms with van der Waals surface area (Å²) in [4.78, 5) is 11.9. The first kappa shape index (κ1) is 15.9. The summed E-state index contributed by atoms with van der Waals surface area (Å²) in [5, 5.41) is 6.36. The molecular formula is C18H28N2O. The highest BCUT2D eigenvalue weighted by Gasteiger charge is 2.21. The Hall–Kier alpha value is -1.51. The predicted molar refractivity (Wildman–Crippen MR) is 88.8 cm³/mol. The Labute approximate surface area is 128 Å². The summed E-state index contributed by atoms with van der Waals surface area (Å²) in [7, 11) is 1.68. The third-order valence-corrected chi connectivity index (χ3v) is 4.71. The van der Waals surface area contributed by atoms with Crippen molar-refractivity contribution in [1.29, 1.82) is 0 Å². The van der Waals surface area contributed by atoms with Crippen LogP contribution in [0, 0.1) is 12.8 Å². The third-order valence-electron chi connectivity index (χ3n) is 4.71. The maximum atomic E-state index is 11.9. The van der Waals surface area contributed by atoms with Crippen molar-refractivity contribution in [2.75, 3.05) is 12.4 Å². The zero-order chi connectivity index (χ0) is 15.2. The van der Waals surface area contributed by atoms with Gasteiger partial charge in [0, 0.05) is 24.3 Å². The van der Waals surface area contributed by atoms with E-state index in [1.165, 1.54) is 38.5 Å². The fourth-order valence-corrected chi connectivity index (χ4v) is 3.40. The summed E-state index contributed by atoms with van der Waals surface area (Å²) in [5.74, 6) is 0.911. The largest absolute Gasteiger partial charge is 0.382 e. The molecule has 1 amide bonds. The van der Waals surface area contributed by atoms with Crippen LogP contribution in [-0.4, -0.2) is 19.0 Å². The molecule has 2 N–H and O–H groups in total. The fourth-order valence-electron chi connectivity index (χ4n) is 3.40. The Kier molecular flexibility index (Phi) is 5.66. The van der Waals surface area contributed by atoms with Crippen LogP contribution in [0.1, 0.15) is 61.4 Å². The number of carbonyl (C=O) groups is 1. The Balaban J connectivity index is 1.99. The van der Waals surface area contributed by atoms with E-state index in [0.29, 0.717) is 6.04 Å². The van der Waals surface area contributed by atoms with Gasteiger partial charge in [-0.2, -0.15) is 0 Å². The second kappa shape index (κ2) is 7.48. The summed E-state index contributed by atoms with van der Waals surface area (Å²) in [6.07, 6.45) is 7.83. The maximum Gasteiger partial charge on any atom is 0.251 e. The molecule has 1 aliphatic rings. The molecule has 0 atom stereocenters. The van der Waals surface area contributed by atoms with Crippen molar-refractivity contribution in [3.05, 3.63) is 29.3 Å². The zero-order valence-electron chi connectivity index (χ0n) is 13.5. The molecule has 0 spiro atoms. The molecular weight excluding hydrogens is 260 g/mol. The second-order valence-electron chi connectivity index (χ2n) is 6.21. The van der Waals surface area contributed by atoms with Crippen LogP contribution in [-0.2, 0) is 0 Å². The molecule has 1 fully saturated rings. The molecule has 1 aromatic carbocycles. The minimum absolute atomic E-state index is 0.0113. The Morgan fingerprint density at radius 2 is 1.95 bits per heavy atom. The standard InChI is InChI=1S/C18H28N2O/c1-4-6-14-9-11-15(12-10-14)20-17-8-5-7-16(13(17)2)18(21)19-3/h5,7-8,14-15,20H,4,6,9-12H2,1-3H3,(H,19,21). The average molecular weight is 288 g/mol. The van der Waals surface area contributed by atoms with Gasteiger partial charge in [-0.15, -0.1) is 0 Å². The van der Waals surface area contributed by atoms with Gasteiger partial charge in [0.25, 0.3) is 5.91 Å². The van der Waals surface area contributed by atoms with Crippen LogP contribution in [0.25, 0.3) is 0 Å². The highest BCUT2D eigenvalue weighted by molar-refractivity contribution is 5.96. The van der Waals surface area contributed by atoms with Crippen LogP contribution >= 0.6 is 0 Å². The number of nitrogens with one attached hydrogen (secondary N) is 2. The number of anilines is 1. The molecule has 0 heterocycles. The normalized spacial score (nSPS) is 21.9. The molecule has 2 rings (SSSR count). The quantitative estimate of drug-likeness (QED) is 0.855. The van der Waals surface area contributed by atoms with Crippen LogP contribution in [0.15, 0.2) is 18.2 Å². The minimum Gasteiger partial charge on any atom is -0.382 e. The molecule has 0 saturated heterocycles. The third kappa shape index (κ3) is 3.99. The number of rotatable bonds is 5. The average Bonchev–Trinajstić information content (AvgIpc) is 2.51. The van der Waals surface area contributed by atoms with Gasteiger partial charge in [-0.3, -0.25) is 4.79 Å². The molecule has 1 aromatic rings. The number of hydrogen-bond acceptors (Lipinski definition) is 2. The van der Waals surface area contributed by atoms with Crippen molar-refractivity contribution in [3.8, 4) is 0 Å². The van der Waals surface area contributed by atoms with E-state index in [1.807, 2.05) is 19.1 Å². The predicted octanol–water partition coefficient (Wildman–Crippen LogP) is 4.13. The maximum absolute atomic E-state index is 11.9. The molecule has 0 aliphatic heterocycles. The summed E-state index contributed by atoms with van der Waals surface area (Å²) < 4.78 is 0. The van der Waals surface area contributed by atoms with Crippen LogP contribution in [0.3, 0.4) is 0 Å². The van der Waals surface area contributed by atoms with Crippen molar-refractivity contribution in [3.63, 3.8) is 0 Å². The molecule has 1 aliphatic carbocycles. The van der Waals surface area contributed by atoms with Crippen molar-refractivity contribution in [2.45, 2.75) is 58.4 Å². The summed E-state index contributed by atoms with van der Waals surface area (Å²) in [6.45, 7) is 4.30. The van der Waals surface area contributed by atoms with E-state index >= 15 is 0 Å². The summed E-state index contributed by atoms with van der Waals surface area (Å²) in [6, 6.07) is 6.48. The lowest BCUT2D eigenvalue weighted by atomic mass is 9.83. The van der Waals surface area contributed by atoms with E-state index in [9.17, 15) is 4.79 Å². The first-order chi connectivity index (χ1) is 10.2. The van der Waals surface area contributed by atoms with Crippen molar-refractivity contribution in [2.24, 2.45) is 5.92 Å². The fraction of sp³-hybridized carbons (Fsp3) is 0.611. The lowest BCUT2D eigenvalue weighted by molar-refractivity contribution is 0.0962. The molecule has 0 unspecified atom stereocenters. The summed E-state index contributed by atoms with van der Waals surface area (Å²) >= 11 is 0. The number of carbonyl (C=O) groups excluding carboxylic acids is 1. The zero-order valence-corrected chi connectivity index (χ0v) is 13.5. The molecule has 1 saturated carbocycles. The molecule has 0 aromatic heterocycles. The van der Waals surface area contributed by atoms with Gasteiger partial charge in [-0.1, -0.05) is 25.8 Å². The van der Waals surface area contributed by atoms with E-state index in [0.717, 1.165) is 22.7 Å². The number of benzene rings is 1. The van der Waals surface area contributed by atoms with Crippen molar-refractivity contribution < 1.29 is 4.79 Å². The van der Waals surface area contributed by atoms with E-state index in [2.05, 4.69) is 23.6 Å². The number of hydrogen-bond donors (Lipinski definition) is 2. The monoisotopic (exact) mass is 288 g/mol. The first-order valence-corrected chi connectivity index (χ1v) is 8.24. The van der Waals surface area contributed by atoms with Gasteiger partial charge in [0.15, 0.2) is 0 Å². The van der Waals surface area contributed by atoms with Gasteiger partial charge < -0.3 is 10.6 Å². The van der Waals surface area contributed by atoms with E-state index in [1.54, 1.807) is 7.05 Å². The smallest absolute Gasteiger partial charge is 0.251 e. The molecule has 0 radical (unpaired) electrons. The van der Waals surface area contributed by atoms with Gasteiger partial charge in [-0.05, 0) is 56.2 Å². The van der Waals surface area contributed by atoms with Crippen molar-refractivity contribution >= 4 is 11.6 Å². The molecule has 3 nitrogen and oxygen atoms in total. The topological polar surface area (TPSA) is 41.1 Å². The second-order valence-corrected chi connectivity index (χ2v) is 6.21. The molecule has 0 bridgehead atoms. The van der Waals surface area contributed by atoms with Gasteiger partial charge in [0.2, 0.25) is 0 Å². The first-order valence-electron chi connectivity index (χ1n) is 8.24. The number of amides is 1. The van der Waals surface area contributed by atoms with Gasteiger partial charge in [0.05, 0.1) is 0 Å². The minimum atomic E-state index is -0.0113. The SMILES string of the molecule is CCCC1CCC(Nc2cccc(C(=O)NC)c2C)CC1. The lowest BCUT2D eigenvalue weighted by Crippen LogP contribution is -2.27.